The lowest BCUT2D eigenvalue weighted by atomic mass is 9.96. The molecule has 1 unspecified atom stereocenters. The van der Waals surface area contributed by atoms with E-state index in [-0.39, 0.29) is 11.9 Å². The van der Waals surface area contributed by atoms with Gasteiger partial charge in [-0.15, -0.1) is 0 Å². The number of carbonyl (C=O) groups excluding carboxylic acids is 1. The van der Waals surface area contributed by atoms with Gasteiger partial charge in [-0.25, -0.2) is 0 Å². The van der Waals surface area contributed by atoms with Crippen LogP contribution in [0.25, 0.3) is 0 Å². The minimum Gasteiger partial charge on any atom is -0.464 e. The van der Waals surface area contributed by atoms with Crippen LogP contribution in [0.1, 0.15) is 49.8 Å². The summed E-state index contributed by atoms with van der Waals surface area (Å²) in [5.74, 6) is 2.32. The number of hydrogen-bond donors (Lipinski definition) is 1. The van der Waals surface area contributed by atoms with Crippen LogP contribution in [-0.2, 0) is 11.3 Å². The van der Waals surface area contributed by atoms with Gasteiger partial charge in [0.1, 0.15) is 11.5 Å². The second kappa shape index (κ2) is 7.87. The molecule has 1 aromatic carbocycles. The van der Waals surface area contributed by atoms with Crippen molar-refractivity contribution in [3.63, 3.8) is 0 Å². The average molecular weight is 340 g/mol. The molecule has 0 radical (unpaired) electrons. The van der Waals surface area contributed by atoms with Gasteiger partial charge in [0, 0.05) is 12.1 Å². The van der Waals surface area contributed by atoms with Crippen LogP contribution in [0.5, 0.6) is 0 Å². The monoisotopic (exact) mass is 340 g/mol. The van der Waals surface area contributed by atoms with E-state index < -0.39 is 0 Å². The number of carbonyl (C=O) groups is 1. The van der Waals surface area contributed by atoms with Gasteiger partial charge >= 0.3 is 0 Å². The smallest absolute Gasteiger partial charge is 0.237 e. The summed E-state index contributed by atoms with van der Waals surface area (Å²) in [6, 6.07) is 14.8. The zero-order valence-corrected chi connectivity index (χ0v) is 15.4. The quantitative estimate of drug-likeness (QED) is 0.788. The highest BCUT2D eigenvalue weighted by molar-refractivity contribution is 5.79. The summed E-state index contributed by atoms with van der Waals surface area (Å²) in [7, 11) is 0. The predicted molar refractivity (Wildman–Crippen MR) is 99.0 cm³/mol. The summed E-state index contributed by atoms with van der Waals surface area (Å²) in [6.45, 7) is 7.21. The van der Waals surface area contributed by atoms with Crippen molar-refractivity contribution in [2.45, 2.75) is 52.2 Å². The second-order valence-corrected chi connectivity index (χ2v) is 7.28. The molecule has 4 heteroatoms. The van der Waals surface area contributed by atoms with Crippen LogP contribution in [0.2, 0.25) is 0 Å². The molecule has 134 valence electrons. The number of nitrogens with zero attached hydrogens (tertiary/aromatic N) is 1. The van der Waals surface area contributed by atoms with Gasteiger partial charge in [-0.1, -0.05) is 44.2 Å². The molecule has 1 heterocycles. The van der Waals surface area contributed by atoms with Gasteiger partial charge in [-0.3, -0.25) is 4.79 Å². The van der Waals surface area contributed by atoms with E-state index in [2.05, 4.69) is 31.3 Å². The molecule has 2 aromatic rings. The minimum atomic E-state index is 0.151. The van der Waals surface area contributed by atoms with Crippen molar-refractivity contribution in [3.05, 3.63) is 59.5 Å². The number of furan rings is 1. The number of nitrogens with one attached hydrogen (secondary N) is 1. The fourth-order valence-corrected chi connectivity index (χ4v) is 3.24. The fourth-order valence-electron chi connectivity index (χ4n) is 3.24. The molecule has 1 atom stereocenters. The Labute approximate surface area is 150 Å². The molecule has 1 aliphatic rings. The van der Waals surface area contributed by atoms with Crippen molar-refractivity contribution in [2.24, 2.45) is 5.92 Å². The lowest BCUT2D eigenvalue weighted by molar-refractivity contribution is -0.131. The van der Waals surface area contributed by atoms with Gasteiger partial charge in [-0.05, 0) is 43.4 Å². The Bertz CT molecular complexity index is 689. The molecule has 1 aliphatic carbocycles. The zero-order chi connectivity index (χ0) is 17.8. The Morgan fingerprint density at radius 2 is 1.92 bits per heavy atom. The number of aryl methyl sites for hydroxylation is 1. The van der Waals surface area contributed by atoms with Gasteiger partial charge in [0.2, 0.25) is 5.91 Å². The van der Waals surface area contributed by atoms with E-state index in [1.165, 1.54) is 5.56 Å². The van der Waals surface area contributed by atoms with E-state index >= 15 is 0 Å². The number of amides is 1. The van der Waals surface area contributed by atoms with E-state index in [0.29, 0.717) is 25.0 Å². The van der Waals surface area contributed by atoms with E-state index in [1.54, 1.807) is 0 Å². The molecule has 1 aromatic heterocycles. The largest absolute Gasteiger partial charge is 0.464 e. The summed E-state index contributed by atoms with van der Waals surface area (Å²) >= 11 is 0. The highest BCUT2D eigenvalue weighted by Crippen LogP contribution is 2.29. The van der Waals surface area contributed by atoms with E-state index in [0.717, 1.165) is 24.4 Å². The molecule has 0 bridgehead atoms. The molecule has 0 spiro atoms. The van der Waals surface area contributed by atoms with Crippen LogP contribution < -0.4 is 5.32 Å². The lowest BCUT2D eigenvalue weighted by Gasteiger charge is -2.26. The molecule has 4 nitrogen and oxygen atoms in total. The number of benzene rings is 1. The maximum atomic E-state index is 12.8. The van der Waals surface area contributed by atoms with Crippen LogP contribution in [-0.4, -0.2) is 23.4 Å². The summed E-state index contributed by atoms with van der Waals surface area (Å²) in [5, 5.41) is 3.47. The van der Waals surface area contributed by atoms with Crippen molar-refractivity contribution >= 4 is 5.91 Å². The molecule has 0 saturated heterocycles. The predicted octanol–water partition coefficient (Wildman–Crippen LogP) is 4.07. The van der Waals surface area contributed by atoms with Crippen LogP contribution >= 0.6 is 0 Å². The summed E-state index contributed by atoms with van der Waals surface area (Å²) in [5.41, 5.74) is 1.23. The normalized spacial score (nSPS) is 15.4. The minimum absolute atomic E-state index is 0.151. The first-order valence-corrected chi connectivity index (χ1v) is 9.17. The molecular formula is C21H28N2O2. The van der Waals surface area contributed by atoms with Crippen molar-refractivity contribution in [1.29, 1.82) is 0 Å². The first-order valence-electron chi connectivity index (χ1n) is 9.17. The molecule has 1 saturated carbocycles. The first kappa shape index (κ1) is 17.7. The summed E-state index contributed by atoms with van der Waals surface area (Å²) in [6.07, 6.45) is 2.19. The number of hydrogen-bond acceptors (Lipinski definition) is 3. The first-order chi connectivity index (χ1) is 12.0. The van der Waals surface area contributed by atoms with E-state index in [1.807, 2.05) is 42.2 Å². The van der Waals surface area contributed by atoms with Crippen LogP contribution in [0.3, 0.4) is 0 Å². The third kappa shape index (κ3) is 4.73. The summed E-state index contributed by atoms with van der Waals surface area (Å²) < 4.78 is 5.66. The second-order valence-electron chi connectivity index (χ2n) is 7.28. The Morgan fingerprint density at radius 1 is 1.20 bits per heavy atom. The van der Waals surface area contributed by atoms with Crippen LogP contribution in [0.4, 0.5) is 0 Å². The van der Waals surface area contributed by atoms with Crippen LogP contribution in [0.15, 0.2) is 46.9 Å². The molecule has 1 amide bonds. The SMILES string of the molecule is Cc1ccc(CN(C(=O)CNC(c2ccccc2)C(C)C)C2CC2)o1. The summed E-state index contributed by atoms with van der Waals surface area (Å²) in [4.78, 5) is 14.8. The van der Waals surface area contributed by atoms with E-state index in [9.17, 15) is 4.79 Å². The van der Waals surface area contributed by atoms with Crippen molar-refractivity contribution in [3.8, 4) is 0 Å². The third-order valence-corrected chi connectivity index (χ3v) is 4.73. The Hall–Kier alpha value is -2.07. The highest BCUT2D eigenvalue weighted by atomic mass is 16.3. The molecule has 1 fully saturated rings. The Morgan fingerprint density at radius 3 is 2.48 bits per heavy atom. The van der Waals surface area contributed by atoms with Gasteiger partial charge in [0.25, 0.3) is 0 Å². The fraction of sp³-hybridized carbons (Fsp3) is 0.476. The molecular weight excluding hydrogens is 312 g/mol. The topological polar surface area (TPSA) is 45.5 Å². The standard InChI is InChI=1S/C21H28N2O2/c1-15(2)21(17-7-5-4-6-8-17)22-13-20(24)23(18-10-11-18)14-19-12-9-16(3)25-19/h4-9,12,15,18,21-22H,10-11,13-14H2,1-3H3. The van der Waals surface area contributed by atoms with Gasteiger partial charge in [-0.2, -0.15) is 0 Å². The molecule has 3 rings (SSSR count). The zero-order valence-electron chi connectivity index (χ0n) is 15.4. The lowest BCUT2D eigenvalue weighted by Crippen LogP contribution is -2.41. The Balaban J connectivity index is 1.62. The van der Waals surface area contributed by atoms with Crippen molar-refractivity contribution in [1.82, 2.24) is 10.2 Å². The van der Waals surface area contributed by atoms with Gasteiger partial charge in [0.05, 0.1) is 13.1 Å². The third-order valence-electron chi connectivity index (χ3n) is 4.73. The molecule has 0 aliphatic heterocycles. The average Bonchev–Trinajstić information content (AvgIpc) is 3.35. The van der Waals surface area contributed by atoms with E-state index in [4.69, 9.17) is 4.42 Å². The van der Waals surface area contributed by atoms with Crippen LogP contribution in [0, 0.1) is 12.8 Å². The maximum absolute atomic E-state index is 12.8. The van der Waals surface area contributed by atoms with Crippen molar-refractivity contribution in [2.75, 3.05) is 6.54 Å². The van der Waals surface area contributed by atoms with Crippen molar-refractivity contribution < 1.29 is 9.21 Å². The van der Waals surface area contributed by atoms with Gasteiger partial charge in [0.15, 0.2) is 0 Å². The highest BCUT2D eigenvalue weighted by Gasteiger charge is 2.33. The number of rotatable bonds is 8. The molecule has 1 N–H and O–H groups in total. The Kier molecular flexibility index (Phi) is 5.59. The maximum Gasteiger partial charge on any atom is 0.237 e. The molecule has 25 heavy (non-hydrogen) atoms. The van der Waals surface area contributed by atoms with Gasteiger partial charge < -0.3 is 14.6 Å².